The van der Waals surface area contributed by atoms with E-state index in [0.717, 1.165) is 32.1 Å². The lowest BCUT2D eigenvalue weighted by Gasteiger charge is -2.39. The van der Waals surface area contributed by atoms with Crippen molar-refractivity contribution in [2.75, 3.05) is 6.61 Å². The molecule has 1 fully saturated rings. The highest BCUT2D eigenvalue weighted by atomic mass is 16.5. The first-order chi connectivity index (χ1) is 9.23. The zero-order chi connectivity index (χ0) is 13.3. The quantitative estimate of drug-likeness (QED) is 0.904. The van der Waals surface area contributed by atoms with Crippen molar-refractivity contribution in [1.82, 2.24) is 0 Å². The average Bonchev–Trinajstić information content (AvgIpc) is 2.84. The van der Waals surface area contributed by atoms with E-state index in [9.17, 15) is 5.11 Å². The van der Waals surface area contributed by atoms with Crippen molar-refractivity contribution in [2.45, 2.75) is 63.1 Å². The summed E-state index contributed by atoms with van der Waals surface area (Å²) in [4.78, 5) is 0. The summed E-state index contributed by atoms with van der Waals surface area (Å²) in [6, 6.07) is 8.65. The van der Waals surface area contributed by atoms with Crippen LogP contribution < -0.4 is 0 Å². The third kappa shape index (κ3) is 2.44. The SMILES string of the molecule is CC1CCC(CC2(CO)CCCc3ccccc32)O1. The van der Waals surface area contributed by atoms with Gasteiger partial charge in [0.1, 0.15) is 0 Å². The molecule has 0 saturated carbocycles. The first-order valence-electron chi connectivity index (χ1n) is 7.58. The highest BCUT2D eigenvalue weighted by Gasteiger charge is 2.39. The first-order valence-corrected chi connectivity index (χ1v) is 7.58. The molecule has 0 aromatic heterocycles. The van der Waals surface area contributed by atoms with Gasteiger partial charge in [-0.15, -0.1) is 0 Å². The van der Waals surface area contributed by atoms with Crippen LogP contribution in [0.4, 0.5) is 0 Å². The van der Waals surface area contributed by atoms with Crippen LogP contribution in [-0.4, -0.2) is 23.9 Å². The first kappa shape index (κ1) is 13.1. The molecule has 0 amide bonds. The predicted molar refractivity (Wildman–Crippen MR) is 76.3 cm³/mol. The summed E-state index contributed by atoms with van der Waals surface area (Å²) < 4.78 is 5.99. The molecule has 19 heavy (non-hydrogen) atoms. The van der Waals surface area contributed by atoms with E-state index in [0.29, 0.717) is 12.2 Å². The van der Waals surface area contributed by atoms with Gasteiger partial charge in [0.2, 0.25) is 0 Å². The van der Waals surface area contributed by atoms with E-state index >= 15 is 0 Å². The third-order valence-electron chi connectivity index (χ3n) is 4.93. The monoisotopic (exact) mass is 260 g/mol. The van der Waals surface area contributed by atoms with Crippen LogP contribution in [0.15, 0.2) is 24.3 Å². The van der Waals surface area contributed by atoms with Gasteiger partial charge in [0.25, 0.3) is 0 Å². The summed E-state index contributed by atoms with van der Waals surface area (Å²) in [6.45, 7) is 2.40. The van der Waals surface area contributed by atoms with E-state index in [-0.39, 0.29) is 12.0 Å². The molecular formula is C17H24O2. The fourth-order valence-corrected chi connectivity index (χ4v) is 3.92. The zero-order valence-corrected chi connectivity index (χ0v) is 11.8. The summed E-state index contributed by atoms with van der Waals surface area (Å²) in [5, 5.41) is 10.1. The Hall–Kier alpha value is -0.860. The molecule has 3 unspecified atom stereocenters. The molecule has 2 heteroatoms. The summed E-state index contributed by atoms with van der Waals surface area (Å²) in [5.41, 5.74) is 2.73. The molecule has 0 radical (unpaired) electrons. The van der Waals surface area contributed by atoms with E-state index < -0.39 is 0 Å². The number of benzene rings is 1. The second-order valence-corrected chi connectivity index (χ2v) is 6.30. The fourth-order valence-electron chi connectivity index (χ4n) is 3.92. The minimum Gasteiger partial charge on any atom is -0.395 e. The maximum atomic E-state index is 10.1. The van der Waals surface area contributed by atoms with Crippen molar-refractivity contribution in [3.05, 3.63) is 35.4 Å². The maximum absolute atomic E-state index is 10.1. The van der Waals surface area contributed by atoms with Crippen molar-refractivity contribution in [2.24, 2.45) is 0 Å². The maximum Gasteiger partial charge on any atom is 0.0589 e. The Morgan fingerprint density at radius 1 is 1.32 bits per heavy atom. The fraction of sp³-hybridized carbons (Fsp3) is 0.647. The molecule has 0 bridgehead atoms. The van der Waals surface area contributed by atoms with Gasteiger partial charge in [-0.25, -0.2) is 0 Å². The summed E-state index contributed by atoms with van der Waals surface area (Å²) in [7, 11) is 0. The standard InChI is InChI=1S/C17H24O2/c1-13-8-9-15(19-13)11-17(12-18)10-4-6-14-5-2-3-7-16(14)17/h2-3,5,7,13,15,18H,4,6,8-12H2,1H3. The number of aliphatic hydroxyl groups is 1. The number of aryl methyl sites for hydroxylation is 1. The Balaban J connectivity index is 1.87. The second-order valence-electron chi connectivity index (χ2n) is 6.30. The van der Waals surface area contributed by atoms with Crippen LogP contribution in [0, 0.1) is 0 Å². The molecule has 3 rings (SSSR count). The van der Waals surface area contributed by atoms with Crippen LogP contribution >= 0.6 is 0 Å². The molecule has 1 aliphatic carbocycles. The molecule has 3 atom stereocenters. The van der Waals surface area contributed by atoms with Gasteiger partial charge in [0.15, 0.2) is 0 Å². The second kappa shape index (κ2) is 5.26. The lowest BCUT2D eigenvalue weighted by atomic mass is 9.67. The van der Waals surface area contributed by atoms with E-state index in [1.54, 1.807) is 0 Å². The Kier molecular flexibility index (Phi) is 3.64. The van der Waals surface area contributed by atoms with Gasteiger partial charge in [-0.05, 0) is 56.6 Å². The van der Waals surface area contributed by atoms with E-state index in [2.05, 4.69) is 31.2 Å². The molecule has 0 spiro atoms. The topological polar surface area (TPSA) is 29.5 Å². The van der Waals surface area contributed by atoms with E-state index in [1.807, 2.05) is 0 Å². The minimum absolute atomic E-state index is 0.0659. The van der Waals surface area contributed by atoms with E-state index in [4.69, 9.17) is 4.74 Å². The normalized spacial score (nSPS) is 34.2. The predicted octanol–water partition coefficient (Wildman–Crippen LogP) is 3.21. The van der Waals surface area contributed by atoms with Crippen LogP contribution in [-0.2, 0) is 16.6 Å². The summed E-state index contributed by atoms with van der Waals surface area (Å²) in [6.07, 6.45) is 7.42. The summed E-state index contributed by atoms with van der Waals surface area (Å²) in [5.74, 6) is 0. The van der Waals surface area contributed by atoms with Crippen molar-refractivity contribution in [3.63, 3.8) is 0 Å². The number of hydrogen-bond donors (Lipinski definition) is 1. The molecule has 2 nitrogen and oxygen atoms in total. The molecule has 2 aliphatic rings. The zero-order valence-electron chi connectivity index (χ0n) is 11.8. The molecule has 1 aromatic carbocycles. The Labute approximate surface area is 115 Å². The molecule has 1 aliphatic heterocycles. The lowest BCUT2D eigenvalue weighted by molar-refractivity contribution is 0.0219. The molecule has 1 saturated heterocycles. The largest absolute Gasteiger partial charge is 0.395 e. The van der Waals surface area contributed by atoms with Crippen LogP contribution in [0.5, 0.6) is 0 Å². The number of fused-ring (bicyclic) bond motifs is 1. The van der Waals surface area contributed by atoms with Crippen LogP contribution in [0.3, 0.4) is 0 Å². The van der Waals surface area contributed by atoms with Gasteiger partial charge in [-0.1, -0.05) is 24.3 Å². The van der Waals surface area contributed by atoms with Gasteiger partial charge >= 0.3 is 0 Å². The Morgan fingerprint density at radius 3 is 2.89 bits per heavy atom. The van der Waals surface area contributed by atoms with Crippen LogP contribution in [0.25, 0.3) is 0 Å². The minimum atomic E-state index is -0.0659. The molecule has 1 aromatic rings. The van der Waals surface area contributed by atoms with Gasteiger partial charge in [-0.3, -0.25) is 0 Å². The molecule has 1 N–H and O–H groups in total. The smallest absolute Gasteiger partial charge is 0.0589 e. The Morgan fingerprint density at radius 2 is 2.16 bits per heavy atom. The number of aliphatic hydroxyl groups excluding tert-OH is 1. The van der Waals surface area contributed by atoms with Gasteiger partial charge in [-0.2, -0.15) is 0 Å². The lowest BCUT2D eigenvalue weighted by Crippen LogP contribution is -2.38. The number of ether oxygens (including phenoxy) is 1. The van der Waals surface area contributed by atoms with Crippen molar-refractivity contribution < 1.29 is 9.84 Å². The van der Waals surface area contributed by atoms with Gasteiger partial charge in [0.05, 0.1) is 18.8 Å². The van der Waals surface area contributed by atoms with E-state index in [1.165, 1.54) is 17.5 Å². The third-order valence-corrected chi connectivity index (χ3v) is 4.93. The van der Waals surface area contributed by atoms with Gasteiger partial charge < -0.3 is 9.84 Å². The van der Waals surface area contributed by atoms with Crippen molar-refractivity contribution in [3.8, 4) is 0 Å². The molecule has 104 valence electrons. The highest BCUT2D eigenvalue weighted by molar-refractivity contribution is 5.37. The molecular weight excluding hydrogens is 236 g/mol. The average molecular weight is 260 g/mol. The van der Waals surface area contributed by atoms with Crippen LogP contribution in [0.2, 0.25) is 0 Å². The number of hydrogen-bond acceptors (Lipinski definition) is 2. The molecule has 1 heterocycles. The number of rotatable bonds is 3. The highest BCUT2D eigenvalue weighted by Crippen LogP contribution is 2.42. The van der Waals surface area contributed by atoms with Crippen molar-refractivity contribution in [1.29, 1.82) is 0 Å². The van der Waals surface area contributed by atoms with Crippen molar-refractivity contribution >= 4 is 0 Å². The Bertz CT molecular complexity index is 443. The van der Waals surface area contributed by atoms with Crippen LogP contribution in [0.1, 0.15) is 50.2 Å². The van der Waals surface area contributed by atoms with Gasteiger partial charge in [0, 0.05) is 5.41 Å². The summed E-state index contributed by atoms with van der Waals surface area (Å²) >= 11 is 0.